The summed E-state index contributed by atoms with van der Waals surface area (Å²) in [5, 5.41) is 13.5. The first-order valence-electron chi connectivity index (χ1n) is 12.5. The molecule has 0 radical (unpaired) electrons. The molecule has 2 atom stereocenters. The van der Waals surface area contributed by atoms with Crippen LogP contribution in [-0.4, -0.2) is 48.1 Å². The fraction of sp³-hybridized carbons (Fsp3) is 0.300. The first kappa shape index (κ1) is 27.2. The molecule has 0 saturated carbocycles. The van der Waals surface area contributed by atoms with Gasteiger partial charge in [-0.25, -0.2) is 0 Å². The van der Waals surface area contributed by atoms with Gasteiger partial charge < -0.3 is 19.4 Å². The highest BCUT2D eigenvalue weighted by molar-refractivity contribution is 5.95. The molecule has 2 aromatic carbocycles. The van der Waals surface area contributed by atoms with Crippen molar-refractivity contribution in [3.63, 3.8) is 0 Å². The third kappa shape index (κ3) is 5.52. The van der Waals surface area contributed by atoms with Gasteiger partial charge in [0.2, 0.25) is 0 Å². The fourth-order valence-corrected chi connectivity index (χ4v) is 5.02. The summed E-state index contributed by atoms with van der Waals surface area (Å²) in [6, 6.07) is 19.6. The van der Waals surface area contributed by atoms with E-state index in [0.29, 0.717) is 22.5 Å². The Hall–Kier alpha value is -3.86. The van der Waals surface area contributed by atoms with Crippen LogP contribution in [0.4, 0.5) is 5.69 Å². The van der Waals surface area contributed by atoms with E-state index in [-0.39, 0.29) is 36.6 Å². The maximum Gasteiger partial charge on any atom is 0.253 e. The second-order valence-electron chi connectivity index (χ2n) is 9.90. The molecule has 1 saturated heterocycles. The molecule has 1 N–H and O–H groups in total. The van der Waals surface area contributed by atoms with Crippen molar-refractivity contribution in [2.75, 3.05) is 19.4 Å². The minimum absolute atomic E-state index is 0. The molecular formula is C30H31ClN4O3. The van der Waals surface area contributed by atoms with E-state index >= 15 is 0 Å². The van der Waals surface area contributed by atoms with Crippen molar-refractivity contribution >= 4 is 35.1 Å². The molecule has 196 valence electrons. The number of furan rings is 1. The maximum absolute atomic E-state index is 12.2. The number of nitrogens with zero attached hydrogens (tertiary/aromatic N) is 3. The number of fused-ring (bicyclic) bond motifs is 1. The minimum atomic E-state index is -0.0489. The van der Waals surface area contributed by atoms with Gasteiger partial charge in [0.15, 0.2) is 5.58 Å². The van der Waals surface area contributed by atoms with Crippen molar-refractivity contribution in [1.29, 1.82) is 5.26 Å². The molecule has 1 fully saturated rings. The lowest BCUT2D eigenvalue weighted by Gasteiger charge is -2.33. The van der Waals surface area contributed by atoms with Gasteiger partial charge in [-0.2, -0.15) is 5.26 Å². The summed E-state index contributed by atoms with van der Waals surface area (Å²) in [5.74, 6) is 0.618. The highest BCUT2D eigenvalue weighted by atomic mass is 35.5. The van der Waals surface area contributed by atoms with Gasteiger partial charge in [0, 0.05) is 49.1 Å². The average Bonchev–Trinajstić information content (AvgIpc) is 3.32. The number of halogens is 1. The van der Waals surface area contributed by atoms with Crippen LogP contribution < -0.4 is 5.32 Å². The van der Waals surface area contributed by atoms with E-state index in [1.807, 2.05) is 42.5 Å². The number of hydrogen-bond acceptors (Lipinski definition) is 6. The number of carbonyl (C=O) groups excluding carboxylic acids is 1. The van der Waals surface area contributed by atoms with Crippen molar-refractivity contribution < 1.29 is 13.9 Å². The van der Waals surface area contributed by atoms with Gasteiger partial charge in [-0.15, -0.1) is 12.4 Å². The van der Waals surface area contributed by atoms with Gasteiger partial charge in [0.05, 0.1) is 23.5 Å². The molecule has 1 aliphatic heterocycles. The molecule has 2 unspecified atom stereocenters. The summed E-state index contributed by atoms with van der Waals surface area (Å²) >= 11 is 0. The molecule has 0 bridgehead atoms. The Morgan fingerprint density at radius 1 is 1.03 bits per heavy atom. The van der Waals surface area contributed by atoms with Crippen molar-refractivity contribution in [2.24, 2.45) is 0 Å². The Morgan fingerprint density at radius 3 is 2.37 bits per heavy atom. The van der Waals surface area contributed by atoms with Gasteiger partial charge in [-0.1, -0.05) is 18.2 Å². The van der Waals surface area contributed by atoms with Gasteiger partial charge >= 0.3 is 0 Å². The average molecular weight is 531 g/mol. The molecular weight excluding hydrogens is 500 g/mol. The van der Waals surface area contributed by atoms with Crippen LogP contribution in [0.3, 0.4) is 0 Å². The number of benzene rings is 2. The molecule has 8 heteroatoms. The number of nitrogens with one attached hydrogen (secondary N) is 1. The summed E-state index contributed by atoms with van der Waals surface area (Å²) in [4.78, 5) is 18.3. The smallest absolute Gasteiger partial charge is 0.253 e. The van der Waals surface area contributed by atoms with E-state index < -0.39 is 0 Å². The van der Waals surface area contributed by atoms with Gasteiger partial charge in [-0.05, 0) is 62.6 Å². The number of hydrogen-bond donors (Lipinski definition) is 1. The lowest BCUT2D eigenvalue weighted by Crippen LogP contribution is -2.37. The van der Waals surface area contributed by atoms with Crippen LogP contribution in [0.5, 0.6) is 0 Å². The number of nitriles is 1. The van der Waals surface area contributed by atoms with E-state index in [1.165, 1.54) is 0 Å². The van der Waals surface area contributed by atoms with E-state index in [1.54, 1.807) is 37.3 Å². The fourth-order valence-electron chi connectivity index (χ4n) is 5.02. The van der Waals surface area contributed by atoms with Crippen LogP contribution in [0.2, 0.25) is 0 Å². The van der Waals surface area contributed by atoms with Crippen molar-refractivity contribution in [3.05, 3.63) is 71.9 Å². The molecule has 38 heavy (non-hydrogen) atoms. The first-order chi connectivity index (χ1) is 17.8. The third-order valence-corrected chi connectivity index (χ3v) is 6.74. The summed E-state index contributed by atoms with van der Waals surface area (Å²) in [5.41, 5.74) is 6.03. The normalized spacial score (nSPS) is 18.9. The zero-order valence-electron chi connectivity index (χ0n) is 21.9. The Labute approximate surface area is 228 Å². The van der Waals surface area contributed by atoms with Crippen molar-refractivity contribution in [1.82, 2.24) is 9.88 Å². The number of anilines is 1. The van der Waals surface area contributed by atoms with Crippen LogP contribution in [0.15, 0.2) is 65.2 Å². The summed E-state index contributed by atoms with van der Waals surface area (Å²) in [6.45, 7) is 4.17. The van der Waals surface area contributed by atoms with E-state index in [4.69, 9.17) is 9.15 Å². The molecule has 1 amide bonds. The predicted molar refractivity (Wildman–Crippen MR) is 152 cm³/mol. The summed E-state index contributed by atoms with van der Waals surface area (Å²) in [7, 11) is 3.46. The maximum atomic E-state index is 12.2. The third-order valence-electron chi connectivity index (χ3n) is 6.74. The Balaban J connectivity index is 0.00000336. The Morgan fingerprint density at radius 2 is 1.71 bits per heavy atom. The number of aromatic nitrogens is 1. The molecule has 2 aromatic heterocycles. The van der Waals surface area contributed by atoms with Crippen LogP contribution >= 0.6 is 12.4 Å². The number of carbonyl (C=O) groups is 1. The highest BCUT2D eigenvalue weighted by Crippen LogP contribution is 2.35. The highest BCUT2D eigenvalue weighted by Gasteiger charge is 2.25. The Kier molecular flexibility index (Phi) is 8.05. The minimum Gasteiger partial charge on any atom is -0.454 e. The van der Waals surface area contributed by atoms with Gasteiger partial charge in [-0.3, -0.25) is 9.78 Å². The van der Waals surface area contributed by atoms with Crippen LogP contribution in [0.1, 0.15) is 42.6 Å². The molecule has 1 aliphatic rings. The second-order valence-corrected chi connectivity index (χ2v) is 9.90. The molecule has 7 nitrogen and oxygen atoms in total. The number of amides is 1. The van der Waals surface area contributed by atoms with Crippen molar-refractivity contribution in [3.8, 4) is 28.5 Å². The molecule has 5 rings (SSSR count). The summed E-state index contributed by atoms with van der Waals surface area (Å²) in [6.07, 6.45) is 3.93. The van der Waals surface area contributed by atoms with Gasteiger partial charge in [0.1, 0.15) is 17.3 Å². The lowest BCUT2D eigenvalue weighted by molar-refractivity contribution is -0.0337. The topological polar surface area (TPSA) is 91.4 Å². The largest absolute Gasteiger partial charge is 0.454 e. The standard InChI is InChI=1S/C30H30N4O3.ClH/c1-18-13-24(14-19(2)36-18)33-26-10-9-22(15-23(26)17-31)25-11-12-32-27-16-28(37-29(25)27)20-5-7-21(8-6-20)30(35)34(3)4;/h5-12,15-16,18-19,24,33H,13-14H2,1-4H3;1H. The van der Waals surface area contributed by atoms with E-state index in [2.05, 4.69) is 30.2 Å². The molecule has 0 spiro atoms. The SMILES string of the molecule is CC1CC(Nc2ccc(-c3ccnc4cc(-c5ccc(C(=O)N(C)C)cc5)oc34)cc2C#N)CC(C)O1.Cl. The summed E-state index contributed by atoms with van der Waals surface area (Å²) < 4.78 is 12.1. The van der Waals surface area contributed by atoms with Crippen LogP contribution in [-0.2, 0) is 4.74 Å². The van der Waals surface area contributed by atoms with E-state index in [0.717, 1.165) is 40.7 Å². The van der Waals surface area contributed by atoms with E-state index in [9.17, 15) is 10.1 Å². The zero-order chi connectivity index (χ0) is 26.1. The molecule has 4 aromatic rings. The number of rotatable bonds is 5. The molecule has 0 aliphatic carbocycles. The second kappa shape index (κ2) is 11.3. The van der Waals surface area contributed by atoms with Gasteiger partial charge in [0.25, 0.3) is 5.91 Å². The predicted octanol–water partition coefficient (Wildman–Crippen LogP) is 6.52. The quantitative estimate of drug-likeness (QED) is 0.315. The monoisotopic (exact) mass is 530 g/mol. The first-order valence-corrected chi connectivity index (χ1v) is 12.5. The molecule has 3 heterocycles. The number of ether oxygens (including phenoxy) is 1. The zero-order valence-corrected chi connectivity index (χ0v) is 22.7. The van der Waals surface area contributed by atoms with Crippen LogP contribution in [0, 0.1) is 11.3 Å². The van der Waals surface area contributed by atoms with Crippen molar-refractivity contribution in [2.45, 2.75) is 44.9 Å². The number of pyridine rings is 1. The lowest BCUT2D eigenvalue weighted by atomic mass is 9.98. The van der Waals surface area contributed by atoms with Crippen LogP contribution in [0.25, 0.3) is 33.6 Å². The Bertz CT molecular complexity index is 1480.